The molecule has 2 atom stereocenters. The van der Waals surface area contributed by atoms with Gasteiger partial charge in [-0.2, -0.15) is 0 Å². The van der Waals surface area contributed by atoms with Crippen molar-refractivity contribution in [1.29, 1.82) is 0 Å². The third-order valence-electron chi connectivity index (χ3n) is 5.45. The minimum absolute atomic E-state index is 0.181. The van der Waals surface area contributed by atoms with E-state index >= 15 is 0 Å². The molecule has 2 heterocycles. The van der Waals surface area contributed by atoms with E-state index in [0.29, 0.717) is 12.0 Å². The van der Waals surface area contributed by atoms with Gasteiger partial charge in [-0.15, -0.1) is 0 Å². The van der Waals surface area contributed by atoms with Crippen LogP contribution in [0.25, 0.3) is 0 Å². The first-order chi connectivity index (χ1) is 13.6. The van der Waals surface area contributed by atoms with Gasteiger partial charge in [0.25, 0.3) is 0 Å². The standard InChI is InChI=1S/C21H34FN5O/c1-17(15-26-9-11-28-12-10-26)14-24-21(23-2)25-19-6-4-8-27(16-19)20-7-3-5-18(22)13-20/h3,5,7,13,17,19H,4,6,8-12,14-16H2,1-2H3,(H2,23,24,25). The van der Waals surface area contributed by atoms with Gasteiger partial charge in [0.05, 0.1) is 13.2 Å². The largest absolute Gasteiger partial charge is 0.379 e. The number of nitrogens with one attached hydrogen (secondary N) is 2. The minimum atomic E-state index is -0.181. The summed E-state index contributed by atoms with van der Waals surface area (Å²) in [5.41, 5.74) is 0.952. The van der Waals surface area contributed by atoms with Gasteiger partial charge in [0.15, 0.2) is 5.96 Å². The van der Waals surface area contributed by atoms with Crippen LogP contribution >= 0.6 is 0 Å². The Morgan fingerprint density at radius 2 is 2.14 bits per heavy atom. The van der Waals surface area contributed by atoms with Gasteiger partial charge in [0.1, 0.15) is 5.82 Å². The lowest BCUT2D eigenvalue weighted by Gasteiger charge is -2.35. The lowest BCUT2D eigenvalue weighted by Crippen LogP contribution is -2.52. The fourth-order valence-corrected chi connectivity index (χ4v) is 3.95. The minimum Gasteiger partial charge on any atom is -0.379 e. The Labute approximate surface area is 168 Å². The van der Waals surface area contributed by atoms with Crippen LogP contribution in [0.5, 0.6) is 0 Å². The number of rotatable bonds is 6. The molecule has 0 radical (unpaired) electrons. The van der Waals surface area contributed by atoms with Crippen LogP contribution in [-0.2, 0) is 4.74 Å². The van der Waals surface area contributed by atoms with E-state index in [1.165, 1.54) is 6.07 Å². The molecular weight excluding hydrogens is 357 g/mol. The molecule has 2 aliphatic rings. The molecule has 0 spiro atoms. The van der Waals surface area contributed by atoms with E-state index < -0.39 is 0 Å². The summed E-state index contributed by atoms with van der Waals surface area (Å²) >= 11 is 0. The molecule has 28 heavy (non-hydrogen) atoms. The van der Waals surface area contributed by atoms with Crippen molar-refractivity contribution in [1.82, 2.24) is 15.5 Å². The van der Waals surface area contributed by atoms with Crippen molar-refractivity contribution in [3.63, 3.8) is 0 Å². The molecule has 2 aliphatic heterocycles. The summed E-state index contributed by atoms with van der Waals surface area (Å²) in [6.45, 7) is 9.77. The molecule has 0 aromatic heterocycles. The van der Waals surface area contributed by atoms with E-state index in [4.69, 9.17) is 4.74 Å². The Balaban J connectivity index is 1.44. The van der Waals surface area contributed by atoms with E-state index in [1.54, 1.807) is 12.1 Å². The van der Waals surface area contributed by atoms with Gasteiger partial charge in [-0.3, -0.25) is 9.89 Å². The smallest absolute Gasteiger partial charge is 0.191 e. The molecule has 1 aromatic rings. The fourth-order valence-electron chi connectivity index (χ4n) is 3.95. The van der Waals surface area contributed by atoms with Crippen LogP contribution in [0.15, 0.2) is 29.3 Å². The summed E-state index contributed by atoms with van der Waals surface area (Å²) in [5, 5.41) is 7.02. The van der Waals surface area contributed by atoms with Crippen LogP contribution in [0.4, 0.5) is 10.1 Å². The monoisotopic (exact) mass is 391 g/mol. The molecule has 0 bridgehead atoms. The Bertz CT molecular complexity index is 635. The van der Waals surface area contributed by atoms with Gasteiger partial charge in [-0.25, -0.2) is 4.39 Å². The summed E-state index contributed by atoms with van der Waals surface area (Å²) in [5.74, 6) is 1.20. The van der Waals surface area contributed by atoms with Gasteiger partial charge < -0.3 is 20.3 Å². The highest BCUT2D eigenvalue weighted by Gasteiger charge is 2.21. The van der Waals surface area contributed by atoms with Crippen molar-refractivity contribution in [2.24, 2.45) is 10.9 Å². The molecule has 0 amide bonds. The van der Waals surface area contributed by atoms with Crippen molar-refractivity contribution < 1.29 is 9.13 Å². The van der Waals surface area contributed by atoms with E-state index in [1.807, 2.05) is 13.1 Å². The molecule has 6 nitrogen and oxygen atoms in total. The topological polar surface area (TPSA) is 52.1 Å². The normalized spacial score (nSPS) is 22.8. The third kappa shape index (κ3) is 6.34. The summed E-state index contributed by atoms with van der Waals surface area (Å²) in [6, 6.07) is 7.16. The van der Waals surface area contributed by atoms with Crippen LogP contribution < -0.4 is 15.5 Å². The average Bonchev–Trinajstić information content (AvgIpc) is 2.72. The number of ether oxygens (including phenoxy) is 1. The van der Waals surface area contributed by atoms with Crippen LogP contribution in [0.3, 0.4) is 0 Å². The van der Waals surface area contributed by atoms with Gasteiger partial charge in [0, 0.05) is 58.0 Å². The van der Waals surface area contributed by atoms with E-state index in [0.717, 1.165) is 77.0 Å². The molecule has 2 saturated heterocycles. The van der Waals surface area contributed by atoms with Gasteiger partial charge in [-0.1, -0.05) is 13.0 Å². The number of nitrogens with zero attached hydrogens (tertiary/aromatic N) is 3. The average molecular weight is 392 g/mol. The molecule has 1 aromatic carbocycles. The lowest BCUT2D eigenvalue weighted by molar-refractivity contribution is 0.0320. The quantitative estimate of drug-likeness (QED) is 0.573. The molecule has 2 N–H and O–H groups in total. The van der Waals surface area contributed by atoms with Crippen molar-refractivity contribution in [3.05, 3.63) is 30.1 Å². The molecule has 0 saturated carbocycles. The summed E-state index contributed by atoms with van der Waals surface area (Å²) in [7, 11) is 1.81. The molecule has 2 fully saturated rings. The number of anilines is 1. The summed E-state index contributed by atoms with van der Waals surface area (Å²) in [4.78, 5) is 9.11. The Morgan fingerprint density at radius 3 is 2.89 bits per heavy atom. The number of piperidine rings is 1. The first kappa shape index (κ1) is 20.9. The number of halogens is 1. The second-order valence-corrected chi connectivity index (χ2v) is 7.88. The first-order valence-electron chi connectivity index (χ1n) is 10.4. The molecule has 7 heteroatoms. The zero-order valence-corrected chi connectivity index (χ0v) is 17.2. The second-order valence-electron chi connectivity index (χ2n) is 7.88. The Kier molecular flexibility index (Phi) is 7.91. The number of aliphatic imine (C=N–C) groups is 1. The Morgan fingerprint density at radius 1 is 1.32 bits per heavy atom. The van der Waals surface area contributed by atoms with Crippen LogP contribution in [0.1, 0.15) is 19.8 Å². The number of hydrogen-bond donors (Lipinski definition) is 2. The fraction of sp³-hybridized carbons (Fsp3) is 0.667. The molecule has 3 rings (SSSR count). The maximum atomic E-state index is 13.5. The van der Waals surface area contributed by atoms with Crippen molar-refractivity contribution in [2.75, 3.05) is 64.4 Å². The second kappa shape index (κ2) is 10.6. The lowest BCUT2D eigenvalue weighted by atomic mass is 10.0. The number of guanidine groups is 1. The van der Waals surface area contributed by atoms with E-state index in [-0.39, 0.29) is 5.82 Å². The Hall–Kier alpha value is -1.86. The van der Waals surface area contributed by atoms with E-state index in [9.17, 15) is 4.39 Å². The molecule has 156 valence electrons. The van der Waals surface area contributed by atoms with Crippen LogP contribution in [0, 0.1) is 11.7 Å². The first-order valence-corrected chi connectivity index (χ1v) is 10.4. The number of benzene rings is 1. The predicted octanol–water partition coefficient (Wildman–Crippen LogP) is 1.93. The zero-order valence-electron chi connectivity index (χ0n) is 17.2. The van der Waals surface area contributed by atoms with Crippen LogP contribution in [-0.4, -0.2) is 76.4 Å². The molecule has 0 aliphatic carbocycles. The molecule has 2 unspecified atom stereocenters. The van der Waals surface area contributed by atoms with Crippen molar-refractivity contribution in [2.45, 2.75) is 25.8 Å². The van der Waals surface area contributed by atoms with Gasteiger partial charge in [0.2, 0.25) is 0 Å². The van der Waals surface area contributed by atoms with Crippen molar-refractivity contribution >= 4 is 11.6 Å². The summed E-state index contributed by atoms with van der Waals surface area (Å²) < 4.78 is 19.0. The highest BCUT2D eigenvalue weighted by Crippen LogP contribution is 2.20. The maximum Gasteiger partial charge on any atom is 0.191 e. The van der Waals surface area contributed by atoms with Gasteiger partial charge in [-0.05, 0) is 37.0 Å². The van der Waals surface area contributed by atoms with Crippen LogP contribution in [0.2, 0.25) is 0 Å². The van der Waals surface area contributed by atoms with E-state index in [2.05, 4.69) is 32.3 Å². The number of hydrogen-bond acceptors (Lipinski definition) is 4. The van der Waals surface area contributed by atoms with Crippen molar-refractivity contribution in [3.8, 4) is 0 Å². The molecular formula is C21H34FN5O. The highest BCUT2D eigenvalue weighted by atomic mass is 19.1. The zero-order chi connectivity index (χ0) is 19.8. The highest BCUT2D eigenvalue weighted by molar-refractivity contribution is 5.80. The maximum absolute atomic E-state index is 13.5. The van der Waals surface area contributed by atoms with Gasteiger partial charge >= 0.3 is 0 Å². The summed E-state index contributed by atoms with van der Waals surface area (Å²) in [6.07, 6.45) is 2.18. The number of morpholine rings is 1. The third-order valence-corrected chi connectivity index (χ3v) is 5.45. The predicted molar refractivity (Wildman–Crippen MR) is 113 cm³/mol. The SMILES string of the molecule is CN=C(NCC(C)CN1CCOCC1)NC1CCCN(c2cccc(F)c2)C1.